The first-order chi connectivity index (χ1) is 17.9. The molecule has 2 atom stereocenters. The van der Waals surface area contributed by atoms with Crippen molar-refractivity contribution in [2.45, 2.75) is 12.5 Å². The van der Waals surface area contributed by atoms with Crippen LogP contribution in [0.2, 0.25) is 0 Å². The SMILES string of the molecule is C#CCOCC(C)(CO[PH](=O)O)COC(c1ccccc1)(c1ccc(OC)cc1)c1ccc(OC)cc1. The third kappa shape index (κ3) is 7.23. The highest BCUT2D eigenvalue weighted by Crippen LogP contribution is 2.43. The third-order valence-corrected chi connectivity index (χ3v) is 6.38. The molecule has 37 heavy (non-hydrogen) atoms. The molecule has 0 saturated heterocycles. The van der Waals surface area contributed by atoms with Gasteiger partial charge in [-0.25, -0.2) is 0 Å². The summed E-state index contributed by atoms with van der Waals surface area (Å²) in [5.74, 6) is 3.88. The monoisotopic (exact) mass is 524 g/mol. The van der Waals surface area contributed by atoms with Gasteiger partial charge in [-0.1, -0.05) is 67.4 Å². The Kier molecular flexibility index (Phi) is 10.3. The fourth-order valence-corrected chi connectivity index (χ4v) is 4.55. The molecule has 3 rings (SSSR count). The van der Waals surface area contributed by atoms with Gasteiger partial charge in [0.2, 0.25) is 0 Å². The minimum atomic E-state index is -3.15. The molecule has 3 aromatic rings. The summed E-state index contributed by atoms with van der Waals surface area (Å²) in [6.45, 7) is 2.21. The lowest BCUT2D eigenvalue weighted by molar-refractivity contribution is -0.0756. The van der Waals surface area contributed by atoms with Gasteiger partial charge in [-0.2, -0.15) is 0 Å². The lowest BCUT2D eigenvalue weighted by atomic mass is 9.79. The van der Waals surface area contributed by atoms with Crippen LogP contribution in [0.25, 0.3) is 0 Å². The molecule has 8 heteroatoms. The molecular weight excluding hydrogens is 491 g/mol. The highest BCUT2D eigenvalue weighted by molar-refractivity contribution is 7.32. The molecule has 0 saturated carbocycles. The highest BCUT2D eigenvalue weighted by Gasteiger charge is 2.40. The highest BCUT2D eigenvalue weighted by atomic mass is 31.1. The average molecular weight is 525 g/mol. The molecule has 7 nitrogen and oxygen atoms in total. The third-order valence-electron chi connectivity index (χ3n) is 5.99. The van der Waals surface area contributed by atoms with E-state index in [4.69, 9.17) is 29.9 Å². The molecule has 0 fully saturated rings. The lowest BCUT2D eigenvalue weighted by Gasteiger charge is -2.39. The normalized spacial score (nSPS) is 13.8. The van der Waals surface area contributed by atoms with E-state index in [0.717, 1.165) is 28.2 Å². The number of terminal acetylenes is 1. The summed E-state index contributed by atoms with van der Waals surface area (Å²) >= 11 is 0. The molecule has 0 radical (unpaired) electrons. The van der Waals surface area contributed by atoms with Crippen molar-refractivity contribution < 1.29 is 32.9 Å². The Morgan fingerprint density at radius 2 is 1.32 bits per heavy atom. The Hall–Kier alpha value is -3.11. The summed E-state index contributed by atoms with van der Waals surface area (Å²) in [7, 11) is 0.0882. The topological polar surface area (TPSA) is 83.5 Å². The van der Waals surface area contributed by atoms with Crippen LogP contribution in [0.5, 0.6) is 11.5 Å². The van der Waals surface area contributed by atoms with E-state index in [1.54, 1.807) is 14.2 Å². The molecule has 196 valence electrons. The first-order valence-corrected chi connectivity index (χ1v) is 13.0. The Morgan fingerprint density at radius 3 is 1.78 bits per heavy atom. The summed E-state index contributed by atoms with van der Waals surface area (Å²) in [4.78, 5) is 9.33. The summed E-state index contributed by atoms with van der Waals surface area (Å²) in [5, 5.41) is 0. The fourth-order valence-electron chi connectivity index (χ4n) is 4.07. The maximum Gasteiger partial charge on any atom is 0.316 e. The van der Waals surface area contributed by atoms with E-state index < -0.39 is 19.3 Å². The van der Waals surface area contributed by atoms with Gasteiger partial charge in [0.05, 0.1) is 34.0 Å². The van der Waals surface area contributed by atoms with Gasteiger partial charge >= 0.3 is 8.25 Å². The van der Waals surface area contributed by atoms with Crippen LogP contribution in [0.3, 0.4) is 0 Å². The summed E-state index contributed by atoms with van der Waals surface area (Å²) in [6.07, 6.45) is 5.36. The zero-order valence-electron chi connectivity index (χ0n) is 21.3. The van der Waals surface area contributed by atoms with Crippen molar-refractivity contribution in [1.82, 2.24) is 0 Å². The van der Waals surface area contributed by atoms with Crippen LogP contribution in [0.1, 0.15) is 23.6 Å². The average Bonchev–Trinajstić information content (AvgIpc) is 2.94. The predicted molar refractivity (Wildman–Crippen MR) is 143 cm³/mol. The van der Waals surface area contributed by atoms with Crippen LogP contribution in [0.4, 0.5) is 0 Å². The quantitative estimate of drug-likeness (QED) is 0.137. The van der Waals surface area contributed by atoms with Gasteiger partial charge in [0.1, 0.15) is 23.7 Å². The summed E-state index contributed by atoms with van der Waals surface area (Å²) in [6, 6.07) is 25.3. The number of hydrogen-bond donors (Lipinski definition) is 1. The Labute approximate surface area is 219 Å². The van der Waals surface area contributed by atoms with Crippen molar-refractivity contribution in [3.63, 3.8) is 0 Å². The molecule has 0 aliphatic heterocycles. The maximum absolute atomic E-state index is 11.4. The van der Waals surface area contributed by atoms with Gasteiger partial charge in [-0.15, -0.1) is 6.42 Å². The van der Waals surface area contributed by atoms with E-state index in [1.165, 1.54) is 0 Å². The molecule has 0 heterocycles. The first kappa shape index (κ1) is 28.5. The number of methoxy groups -OCH3 is 2. The Bertz CT molecular complexity index is 1130. The fraction of sp³-hybridized carbons (Fsp3) is 0.310. The molecule has 0 amide bonds. The van der Waals surface area contributed by atoms with Crippen LogP contribution in [0.15, 0.2) is 78.9 Å². The number of ether oxygens (including phenoxy) is 4. The number of benzene rings is 3. The second-order valence-corrected chi connectivity index (χ2v) is 9.68. The van der Waals surface area contributed by atoms with Crippen molar-refractivity contribution in [3.8, 4) is 23.8 Å². The van der Waals surface area contributed by atoms with Gasteiger partial charge in [0.15, 0.2) is 0 Å². The standard InChI is InChI=1S/C29H33O7P/c1-5-19-34-20-28(2,22-36-37(30)31)21-35-29(23-9-7-6-8-10-23,24-11-15-26(32-3)16-12-24)25-13-17-27(33-4)18-14-25/h1,6-18,37H,19-22H2,2-4H3,(H,30,31). The van der Waals surface area contributed by atoms with Gasteiger partial charge in [0, 0.05) is 5.41 Å². The van der Waals surface area contributed by atoms with E-state index in [0.29, 0.717) is 0 Å². The first-order valence-electron chi connectivity index (χ1n) is 11.7. The second kappa shape index (κ2) is 13.4. The zero-order chi connectivity index (χ0) is 26.7. The van der Waals surface area contributed by atoms with Crippen LogP contribution in [-0.4, -0.2) is 45.5 Å². The predicted octanol–water partition coefficient (Wildman–Crippen LogP) is 5.07. The van der Waals surface area contributed by atoms with Gasteiger partial charge in [0.25, 0.3) is 0 Å². The minimum absolute atomic E-state index is 0.0536. The van der Waals surface area contributed by atoms with E-state index in [-0.39, 0.29) is 26.4 Å². The molecule has 0 aliphatic carbocycles. The van der Waals surface area contributed by atoms with Crippen molar-refractivity contribution in [1.29, 1.82) is 0 Å². The van der Waals surface area contributed by atoms with E-state index in [9.17, 15) is 9.46 Å². The van der Waals surface area contributed by atoms with Gasteiger partial charge in [-0.3, -0.25) is 4.57 Å². The molecular formula is C29H33O7P. The zero-order valence-corrected chi connectivity index (χ0v) is 22.3. The molecule has 0 spiro atoms. The van der Waals surface area contributed by atoms with Crippen molar-refractivity contribution >= 4 is 8.25 Å². The van der Waals surface area contributed by atoms with Crippen LogP contribution >= 0.6 is 8.25 Å². The molecule has 0 aliphatic rings. The smallest absolute Gasteiger partial charge is 0.316 e. The Balaban J connectivity index is 2.14. The van der Waals surface area contributed by atoms with Gasteiger partial charge in [-0.05, 0) is 41.0 Å². The van der Waals surface area contributed by atoms with Crippen LogP contribution in [-0.2, 0) is 24.2 Å². The van der Waals surface area contributed by atoms with E-state index in [1.807, 2.05) is 85.8 Å². The molecule has 3 aromatic carbocycles. The molecule has 0 bridgehead atoms. The molecule has 1 N–H and O–H groups in total. The van der Waals surface area contributed by atoms with E-state index in [2.05, 4.69) is 5.92 Å². The van der Waals surface area contributed by atoms with E-state index >= 15 is 0 Å². The Morgan fingerprint density at radius 1 is 0.811 bits per heavy atom. The van der Waals surface area contributed by atoms with Crippen LogP contribution < -0.4 is 9.47 Å². The van der Waals surface area contributed by atoms with Gasteiger partial charge < -0.3 is 28.4 Å². The van der Waals surface area contributed by atoms with Crippen molar-refractivity contribution in [2.75, 3.05) is 40.6 Å². The van der Waals surface area contributed by atoms with Crippen molar-refractivity contribution in [3.05, 3.63) is 95.6 Å². The molecule has 2 unspecified atom stereocenters. The molecule has 0 aromatic heterocycles. The second-order valence-electron chi connectivity index (χ2n) is 8.86. The maximum atomic E-state index is 11.4. The summed E-state index contributed by atoms with van der Waals surface area (Å²) in [5.41, 5.74) is 0.812. The minimum Gasteiger partial charge on any atom is -0.497 e. The number of hydrogen-bond acceptors (Lipinski definition) is 6. The van der Waals surface area contributed by atoms with Crippen LogP contribution in [0, 0.1) is 17.8 Å². The number of rotatable bonds is 14. The lowest BCUT2D eigenvalue weighted by Crippen LogP contribution is -2.40. The largest absolute Gasteiger partial charge is 0.497 e. The van der Waals surface area contributed by atoms with Crippen molar-refractivity contribution in [2.24, 2.45) is 5.41 Å². The summed E-state index contributed by atoms with van der Waals surface area (Å²) < 4.78 is 39.8.